The van der Waals surface area contributed by atoms with Crippen LogP contribution in [0.25, 0.3) is 0 Å². The number of ether oxygens (including phenoxy) is 1. The van der Waals surface area contributed by atoms with E-state index < -0.39 is 11.9 Å². The molecule has 1 aliphatic rings. The highest BCUT2D eigenvalue weighted by atomic mass is 19.1. The quantitative estimate of drug-likeness (QED) is 0.842. The zero-order valence-electron chi connectivity index (χ0n) is 12.2. The van der Waals surface area contributed by atoms with Gasteiger partial charge in [-0.25, -0.2) is 4.39 Å². The molecule has 1 aromatic carbocycles. The maximum Gasteiger partial charge on any atom is 0.165 e. The third kappa shape index (κ3) is 4.46. The summed E-state index contributed by atoms with van der Waals surface area (Å²) in [6.45, 7) is 5.12. The van der Waals surface area contributed by atoms with Gasteiger partial charge < -0.3 is 15.2 Å². The summed E-state index contributed by atoms with van der Waals surface area (Å²) in [5.74, 6) is -0.209. The molecule has 0 heterocycles. The third-order valence-corrected chi connectivity index (χ3v) is 3.88. The van der Waals surface area contributed by atoms with Crippen LogP contribution in [0.1, 0.15) is 33.1 Å². The van der Waals surface area contributed by atoms with E-state index >= 15 is 0 Å². The van der Waals surface area contributed by atoms with Crippen LogP contribution in [0.5, 0.6) is 5.75 Å². The predicted octanol–water partition coefficient (Wildman–Crippen LogP) is 2.73. The lowest BCUT2D eigenvalue weighted by Gasteiger charge is -2.19. The normalized spacial score (nSPS) is 22.7. The molecule has 112 valence electrons. The second-order valence-electron chi connectivity index (χ2n) is 6.41. The Hall–Kier alpha value is -1.13. The van der Waals surface area contributed by atoms with Crippen LogP contribution in [0.3, 0.4) is 0 Å². The molecule has 0 aliphatic heterocycles. The summed E-state index contributed by atoms with van der Waals surface area (Å²) in [4.78, 5) is 0. The van der Waals surface area contributed by atoms with E-state index in [9.17, 15) is 9.50 Å². The van der Waals surface area contributed by atoms with E-state index in [0.29, 0.717) is 18.0 Å². The minimum Gasteiger partial charge on any atom is -0.488 e. The van der Waals surface area contributed by atoms with Crippen molar-refractivity contribution in [2.24, 2.45) is 5.41 Å². The molecule has 0 saturated heterocycles. The van der Waals surface area contributed by atoms with Crippen LogP contribution < -0.4 is 10.1 Å². The van der Waals surface area contributed by atoms with Gasteiger partial charge in [-0.2, -0.15) is 0 Å². The smallest absolute Gasteiger partial charge is 0.165 e. The van der Waals surface area contributed by atoms with Gasteiger partial charge in [-0.3, -0.25) is 0 Å². The van der Waals surface area contributed by atoms with Gasteiger partial charge in [0.2, 0.25) is 0 Å². The summed E-state index contributed by atoms with van der Waals surface area (Å²) in [5.41, 5.74) is 0.395. The maximum atomic E-state index is 13.3. The number of rotatable bonds is 6. The highest BCUT2D eigenvalue weighted by Crippen LogP contribution is 2.36. The van der Waals surface area contributed by atoms with Gasteiger partial charge in [0, 0.05) is 12.6 Å². The fourth-order valence-electron chi connectivity index (χ4n) is 2.72. The zero-order chi connectivity index (χ0) is 14.6. The van der Waals surface area contributed by atoms with Crippen molar-refractivity contribution in [2.75, 3.05) is 13.2 Å². The van der Waals surface area contributed by atoms with E-state index in [4.69, 9.17) is 4.74 Å². The van der Waals surface area contributed by atoms with Gasteiger partial charge in [-0.15, -0.1) is 0 Å². The molecule has 20 heavy (non-hydrogen) atoms. The number of benzene rings is 1. The van der Waals surface area contributed by atoms with Gasteiger partial charge in [-0.05, 0) is 36.8 Å². The number of halogens is 1. The van der Waals surface area contributed by atoms with Crippen molar-refractivity contribution in [1.82, 2.24) is 5.32 Å². The first-order chi connectivity index (χ1) is 9.46. The summed E-state index contributed by atoms with van der Waals surface area (Å²) < 4.78 is 18.6. The van der Waals surface area contributed by atoms with E-state index in [2.05, 4.69) is 19.2 Å². The molecule has 2 rings (SSSR count). The van der Waals surface area contributed by atoms with Gasteiger partial charge >= 0.3 is 0 Å². The molecule has 0 aromatic heterocycles. The Balaban J connectivity index is 1.69. The molecule has 1 fully saturated rings. The largest absolute Gasteiger partial charge is 0.488 e. The van der Waals surface area contributed by atoms with Crippen LogP contribution in [-0.2, 0) is 0 Å². The Morgan fingerprint density at radius 1 is 1.45 bits per heavy atom. The summed E-state index contributed by atoms with van der Waals surface area (Å²) in [6, 6.07) is 6.70. The van der Waals surface area contributed by atoms with Crippen LogP contribution in [0, 0.1) is 11.2 Å². The Morgan fingerprint density at radius 2 is 2.20 bits per heavy atom. The molecule has 1 saturated carbocycles. The van der Waals surface area contributed by atoms with E-state index in [-0.39, 0.29) is 12.4 Å². The monoisotopic (exact) mass is 281 g/mol. The molecular weight excluding hydrogens is 257 g/mol. The molecule has 1 aliphatic carbocycles. The summed E-state index contributed by atoms with van der Waals surface area (Å²) in [7, 11) is 0. The molecule has 2 atom stereocenters. The van der Waals surface area contributed by atoms with Crippen molar-refractivity contribution in [3.05, 3.63) is 30.1 Å². The average molecular weight is 281 g/mol. The Kier molecular flexibility index (Phi) is 5.00. The molecular formula is C16H24FNO2. The summed E-state index contributed by atoms with van der Waals surface area (Å²) in [5, 5.41) is 13.2. The molecule has 0 amide bonds. The van der Waals surface area contributed by atoms with E-state index in [1.165, 1.54) is 12.5 Å². The second-order valence-corrected chi connectivity index (χ2v) is 6.41. The van der Waals surface area contributed by atoms with Crippen molar-refractivity contribution < 1.29 is 14.2 Å². The van der Waals surface area contributed by atoms with E-state index in [1.807, 2.05) is 0 Å². The van der Waals surface area contributed by atoms with Crippen molar-refractivity contribution >= 4 is 0 Å². The number of hydrogen-bond donors (Lipinski definition) is 2. The first-order valence-corrected chi connectivity index (χ1v) is 7.25. The summed E-state index contributed by atoms with van der Waals surface area (Å²) in [6.07, 6.45) is 2.87. The Bertz CT molecular complexity index is 436. The second kappa shape index (κ2) is 6.55. The lowest BCUT2D eigenvalue weighted by molar-refractivity contribution is 0.101. The lowest BCUT2D eigenvalue weighted by atomic mass is 9.92. The number of para-hydroxylation sites is 1. The molecule has 4 heteroatoms. The van der Waals surface area contributed by atoms with Crippen LogP contribution in [0.4, 0.5) is 4.39 Å². The standard InChI is InChI=1S/C16H24FNO2/c1-16(2)8-7-12(9-16)18-10-13(19)11-20-15-6-4-3-5-14(15)17/h3-6,12-13,18-19H,7-11H2,1-2H3. The van der Waals surface area contributed by atoms with Gasteiger partial charge in [0.15, 0.2) is 11.6 Å². The number of hydrogen-bond acceptors (Lipinski definition) is 3. The maximum absolute atomic E-state index is 13.3. The van der Waals surface area contributed by atoms with Crippen molar-refractivity contribution in [3.63, 3.8) is 0 Å². The molecule has 1 aromatic rings. The number of aliphatic hydroxyl groups excluding tert-OH is 1. The topological polar surface area (TPSA) is 41.5 Å². The van der Waals surface area contributed by atoms with E-state index in [1.54, 1.807) is 18.2 Å². The van der Waals surface area contributed by atoms with Crippen LogP contribution >= 0.6 is 0 Å². The molecule has 2 unspecified atom stereocenters. The minimum atomic E-state index is -0.627. The van der Waals surface area contributed by atoms with Crippen molar-refractivity contribution in [1.29, 1.82) is 0 Å². The molecule has 0 spiro atoms. The van der Waals surface area contributed by atoms with Crippen LogP contribution in [0.2, 0.25) is 0 Å². The van der Waals surface area contributed by atoms with Crippen molar-refractivity contribution in [2.45, 2.75) is 45.3 Å². The molecule has 0 radical (unpaired) electrons. The molecule has 0 bridgehead atoms. The Morgan fingerprint density at radius 3 is 2.85 bits per heavy atom. The highest BCUT2D eigenvalue weighted by molar-refractivity contribution is 5.23. The van der Waals surface area contributed by atoms with Gasteiger partial charge in [0.1, 0.15) is 12.7 Å². The van der Waals surface area contributed by atoms with Crippen LogP contribution in [-0.4, -0.2) is 30.4 Å². The van der Waals surface area contributed by atoms with Crippen molar-refractivity contribution in [3.8, 4) is 5.75 Å². The number of nitrogens with one attached hydrogen (secondary N) is 1. The minimum absolute atomic E-state index is 0.101. The average Bonchev–Trinajstić information content (AvgIpc) is 2.75. The predicted molar refractivity (Wildman–Crippen MR) is 77.3 cm³/mol. The van der Waals surface area contributed by atoms with E-state index in [0.717, 1.165) is 12.8 Å². The van der Waals surface area contributed by atoms with Crippen LogP contribution in [0.15, 0.2) is 24.3 Å². The first-order valence-electron chi connectivity index (χ1n) is 7.25. The fourth-order valence-corrected chi connectivity index (χ4v) is 2.72. The molecule has 2 N–H and O–H groups in total. The zero-order valence-corrected chi connectivity index (χ0v) is 12.2. The summed E-state index contributed by atoms with van der Waals surface area (Å²) >= 11 is 0. The number of aliphatic hydroxyl groups is 1. The lowest BCUT2D eigenvalue weighted by Crippen LogP contribution is -2.37. The van der Waals surface area contributed by atoms with Gasteiger partial charge in [0.05, 0.1) is 0 Å². The third-order valence-electron chi connectivity index (χ3n) is 3.88. The fraction of sp³-hybridized carbons (Fsp3) is 0.625. The first kappa shape index (κ1) is 15.3. The SMILES string of the molecule is CC1(C)CCC(NCC(O)COc2ccccc2F)C1. The molecule has 3 nitrogen and oxygen atoms in total. The van der Waals surface area contributed by atoms with Gasteiger partial charge in [-0.1, -0.05) is 26.0 Å². The highest BCUT2D eigenvalue weighted by Gasteiger charge is 2.30. The Labute approximate surface area is 120 Å². The van der Waals surface area contributed by atoms with Gasteiger partial charge in [0.25, 0.3) is 0 Å².